The van der Waals surface area contributed by atoms with Gasteiger partial charge in [0.25, 0.3) is 0 Å². The van der Waals surface area contributed by atoms with Crippen molar-refractivity contribution in [2.24, 2.45) is 0 Å². The van der Waals surface area contributed by atoms with Crippen LogP contribution in [0.25, 0.3) is 43.1 Å². The fourth-order valence-corrected chi connectivity index (χ4v) is 18.4. The van der Waals surface area contributed by atoms with E-state index in [0.29, 0.717) is 47.5 Å². The van der Waals surface area contributed by atoms with Crippen LogP contribution in [0, 0.1) is 24.3 Å². The number of aromatic carboxylic acids is 4. The van der Waals surface area contributed by atoms with Crippen LogP contribution in [0.5, 0.6) is 0 Å². The van der Waals surface area contributed by atoms with Gasteiger partial charge in [-0.1, -0.05) is 201 Å². The smallest absolute Gasteiger partial charge is 0.545 e. The van der Waals surface area contributed by atoms with E-state index in [9.17, 15) is 39.6 Å². The van der Waals surface area contributed by atoms with Crippen molar-refractivity contribution in [2.45, 2.75) is 152 Å². The quantitative estimate of drug-likeness (QED) is 0.0224. The van der Waals surface area contributed by atoms with Crippen LogP contribution in [0.2, 0.25) is 0 Å². The molecule has 8 aromatic rings. The van der Waals surface area contributed by atoms with Gasteiger partial charge in [0.15, 0.2) is 0 Å². The maximum Gasteiger partial charge on any atom is 2.00 e. The molecule has 0 unspecified atom stereocenters. The summed E-state index contributed by atoms with van der Waals surface area (Å²) < 4.78 is 0. The Labute approximate surface area is 840 Å². The van der Waals surface area contributed by atoms with Crippen LogP contribution < -0.4 is 20.4 Å². The first-order chi connectivity index (χ1) is 55.6. The number of halogens is 8. The maximum atomic E-state index is 10.2. The van der Waals surface area contributed by atoms with Gasteiger partial charge in [-0.3, -0.25) is 0 Å². The Morgan fingerprint density at radius 1 is 0.258 bits per heavy atom. The molecule has 0 fully saturated rings. The zero-order valence-corrected chi connectivity index (χ0v) is 97.7. The third-order valence-corrected chi connectivity index (χ3v) is 34.4. The molecule has 0 atom stereocenters. The third kappa shape index (κ3) is 88.5. The van der Waals surface area contributed by atoms with Crippen LogP contribution >= 0.6 is 157 Å². The molecule has 8 nitrogen and oxygen atoms in total. The van der Waals surface area contributed by atoms with Crippen molar-refractivity contribution in [3.05, 3.63) is 192 Å². The van der Waals surface area contributed by atoms with Crippen LogP contribution in [0.15, 0.2) is 146 Å². The number of carbonyl (C=O) groups is 4. The van der Waals surface area contributed by atoms with E-state index in [1.165, 1.54) is 157 Å². The minimum Gasteiger partial charge on any atom is -0.545 e. The zero-order valence-electron chi connectivity index (χ0n) is 75.4. The predicted molar refractivity (Wildman–Crippen MR) is 542 cm³/mol. The first-order valence-electron chi connectivity index (χ1n) is 40.2. The second kappa shape index (κ2) is 113. The van der Waals surface area contributed by atoms with Crippen LogP contribution in [0.4, 0.5) is 0 Å². The van der Waals surface area contributed by atoms with Gasteiger partial charge in [0, 0.05) is 42.1 Å². The monoisotopic (exact) mass is 2680 g/mol. The second-order valence-electron chi connectivity index (χ2n) is 22.9. The van der Waals surface area contributed by atoms with Crippen molar-refractivity contribution in [1.29, 1.82) is 0 Å². The number of carbonyl (C=O) groups excluding carboxylic acids is 4. The molecule has 28 heteroatoms. The molecule has 0 spiro atoms. The molecule has 0 radical (unpaired) electrons. The van der Waals surface area contributed by atoms with Gasteiger partial charge in [-0.2, -0.15) is 24.6 Å². The molecule has 8 aromatic carbocycles. The second-order valence-corrected chi connectivity index (χ2v) is 49.0. The molecule has 0 aliphatic rings. The van der Waals surface area contributed by atoms with Crippen LogP contribution in [0.1, 0.15) is 194 Å². The van der Waals surface area contributed by atoms with Crippen molar-refractivity contribution in [2.75, 3.05) is 157 Å². The molecule has 0 N–H and O–H groups in total. The fourth-order valence-electron chi connectivity index (χ4n) is 9.44. The molecule has 120 heavy (non-hydrogen) atoms. The number of fused-ring (bicyclic) bond motifs is 4. The van der Waals surface area contributed by atoms with Gasteiger partial charge in [0.05, 0.1) is 45.2 Å². The molecular weight excluding hydrogens is 2540 g/mol. The number of alkyl halides is 8. The van der Waals surface area contributed by atoms with Crippen molar-refractivity contribution >= 4 is 224 Å². The van der Waals surface area contributed by atoms with Crippen LogP contribution in [-0.2, 0) is 84.3 Å². The third-order valence-electron chi connectivity index (χ3n) is 16.5. The summed E-state index contributed by atoms with van der Waals surface area (Å²) in [4.78, 5) is 40.8. The first kappa shape index (κ1) is 147. The number of carboxylic acid groups (broad SMARTS) is 4. The molecular formula is C92H142Cl8O8P8Pt4-6. The fraction of sp³-hybridized carbons (Fsp3) is 0.522. The molecule has 0 saturated carbocycles. The summed E-state index contributed by atoms with van der Waals surface area (Å²) in [5.74, 6) is -5.33. The summed E-state index contributed by atoms with van der Waals surface area (Å²) in [6.07, 6.45) is 30.8. The Bertz CT molecular complexity index is 2850. The standard InChI is InChI=1S/2C14H8.2C8H6O4.6C6H15P.2C4H10P.4CH2Cl2.4Pt/c2*1-2-6-12-10-14-8-4-3-7-13(14)9-11(12)5-1;2*9-7(10)5-1-2-6(4-3-5)8(11)12;6*1-4-7(5-2)6-3;2*1-3-5-4-2;4*2-1-3;;;;/h2*1-5,7,9-10H;2*1-4H,(H,9,10)(H,11,12);6*4-6H2,1-3H3;2*3-4H2,1-2H3;4*1H2;;;;/q2*-2;;;;;;;;;2*-1;;;;;;;2*+2/p-4. The summed E-state index contributed by atoms with van der Waals surface area (Å²) in [5.41, 5.74) is -0.222. The molecule has 0 aliphatic carbocycles. The molecule has 0 amide bonds. The Morgan fingerprint density at radius 3 is 0.467 bits per heavy atom. The summed E-state index contributed by atoms with van der Waals surface area (Å²) in [6.45, 7) is 50.0. The molecule has 0 heterocycles. The minimum atomic E-state index is -1.33. The number of hydrogen-bond donors (Lipinski definition) is 0. The molecule has 0 bridgehead atoms. The van der Waals surface area contributed by atoms with Gasteiger partial charge in [0.2, 0.25) is 0 Å². The van der Waals surface area contributed by atoms with E-state index >= 15 is 0 Å². The molecule has 700 valence electrons. The number of rotatable bonds is 26. The average Bonchev–Trinajstić information content (AvgIpc) is 0.815. The van der Waals surface area contributed by atoms with E-state index in [1.807, 2.05) is 48.5 Å². The SMILES string of the molecule is CCP(CC)CC.CCP(CC)CC.CCP(CC)CC.CCP(CC)CC.CCP(CC)CC.CCP(CC)CC.CC[P-]CC.CC[P-]CC.ClCCl.ClCCl.ClCCl.ClCCl.O=C([O-])c1ccc(C(=O)[O-])cc1.O=C([O-])c1ccc(C(=O)[O-])cc1.[Pt+2].[Pt+2].[Pt].[Pt].[c-]1cccc2cc3ccc[c-]c3cc12.[c-]1cccc2cc3ccc[c-]c3cc12. The van der Waals surface area contributed by atoms with Crippen LogP contribution in [0.3, 0.4) is 0 Å². The Kier molecular flexibility index (Phi) is 138. The zero-order chi connectivity index (χ0) is 90.3. The molecule has 0 saturated heterocycles. The van der Waals surface area contributed by atoms with E-state index in [4.69, 9.17) is 92.8 Å². The molecule has 8 rings (SSSR count). The molecule has 0 aliphatic heterocycles. The van der Waals surface area contributed by atoms with E-state index in [-0.39, 0.29) is 128 Å². The van der Waals surface area contributed by atoms with Crippen molar-refractivity contribution < 1.29 is 124 Å². The summed E-state index contributed by atoms with van der Waals surface area (Å²) in [7, 11) is 5.84. The first-order valence-corrected chi connectivity index (χ1v) is 58.4. The normalized spacial score (nSPS) is 9.30. The van der Waals surface area contributed by atoms with Gasteiger partial charge >= 0.3 is 42.1 Å². The largest absolute Gasteiger partial charge is 2.00 e. The van der Waals surface area contributed by atoms with Gasteiger partial charge in [-0.05, 0) is 133 Å². The van der Waals surface area contributed by atoms with E-state index in [1.54, 1.807) is 17.2 Å². The minimum absolute atomic E-state index is 0. The van der Waals surface area contributed by atoms with Crippen molar-refractivity contribution in [3.63, 3.8) is 0 Å². The van der Waals surface area contributed by atoms with E-state index < -0.39 is 23.9 Å². The Morgan fingerprint density at radius 2 is 0.383 bits per heavy atom. The van der Waals surface area contributed by atoms with E-state index in [0.717, 1.165) is 70.1 Å². The van der Waals surface area contributed by atoms with Gasteiger partial charge < -0.3 is 56.8 Å². The Balaban J connectivity index is -0.000000106. The summed E-state index contributed by atoms with van der Waals surface area (Å²) in [5, 5.41) is 51.2. The molecule has 0 aromatic heterocycles. The number of benzene rings is 8. The van der Waals surface area contributed by atoms with Gasteiger partial charge in [-0.25, -0.2) is 0 Å². The van der Waals surface area contributed by atoms with Gasteiger partial charge in [-0.15, -0.1) is 305 Å². The Hall–Kier alpha value is 1.19. The van der Waals surface area contributed by atoms with Crippen molar-refractivity contribution in [3.8, 4) is 0 Å². The summed E-state index contributed by atoms with van der Waals surface area (Å²) in [6, 6.07) is 55.0. The topological polar surface area (TPSA) is 161 Å². The summed E-state index contributed by atoms with van der Waals surface area (Å²) >= 11 is 38.1. The van der Waals surface area contributed by atoms with Crippen LogP contribution in [-0.4, -0.2) is 181 Å². The van der Waals surface area contributed by atoms with Gasteiger partial charge in [0.1, 0.15) is 0 Å². The van der Waals surface area contributed by atoms with E-state index in [2.05, 4.69) is 225 Å². The number of hydrogen-bond acceptors (Lipinski definition) is 8. The predicted octanol–water partition coefficient (Wildman–Crippen LogP) is 28.8. The number of carboxylic acids is 4. The average molecular weight is 2690 g/mol. The van der Waals surface area contributed by atoms with Crippen molar-refractivity contribution in [1.82, 2.24) is 0 Å². The maximum absolute atomic E-state index is 10.2.